The van der Waals surface area contributed by atoms with Crippen LogP contribution in [0.4, 0.5) is 17.1 Å². The number of hydrogen-bond donors (Lipinski definition) is 0. The summed E-state index contributed by atoms with van der Waals surface area (Å²) >= 11 is 0. The maximum absolute atomic E-state index is 2.56. The lowest BCUT2D eigenvalue weighted by Gasteiger charge is -2.34. The summed E-state index contributed by atoms with van der Waals surface area (Å²) < 4.78 is 2.56. The van der Waals surface area contributed by atoms with Crippen molar-refractivity contribution in [3.8, 4) is 39.1 Å². The van der Waals surface area contributed by atoms with Gasteiger partial charge in [-0.05, 0) is 140 Å². The van der Waals surface area contributed by atoms with Crippen molar-refractivity contribution in [2.75, 3.05) is 4.90 Å². The molecule has 1 aliphatic rings. The van der Waals surface area contributed by atoms with Crippen LogP contribution in [0, 0.1) is 13.8 Å². The summed E-state index contributed by atoms with van der Waals surface area (Å²) in [5.74, 6) is 0. The summed E-state index contributed by atoms with van der Waals surface area (Å²) in [5, 5.41) is 7.46. The first kappa shape index (κ1) is 42.6. The Morgan fingerprint density at radius 3 is 1.51 bits per heavy atom. The van der Waals surface area contributed by atoms with Crippen LogP contribution >= 0.6 is 0 Å². The molecule has 0 saturated carbocycles. The highest BCUT2D eigenvalue weighted by Gasteiger charge is 2.46. The molecular weight excluding hydrogens is 881 g/mol. The number of para-hydroxylation sites is 1. The summed E-state index contributed by atoms with van der Waals surface area (Å²) in [7, 11) is 0. The van der Waals surface area contributed by atoms with Gasteiger partial charge in [-0.25, -0.2) is 0 Å². The SMILES string of the molecule is Cc1ccc(N(c2ccc(C)cc2)c2ccccc2-c2ccccc2-c2cc3c(c4ccccc24)c2c4ccccc4ccc2n3-c2ccc3c(c2)C(c2ccccc2)(c2ccccc2)c2ccccc2-3)cc1. The maximum atomic E-state index is 2.56. The van der Waals surface area contributed by atoms with Gasteiger partial charge in [-0.1, -0.05) is 223 Å². The highest BCUT2D eigenvalue weighted by Crippen LogP contribution is 2.57. The lowest BCUT2D eigenvalue weighted by Crippen LogP contribution is -2.28. The molecule has 0 radical (unpaired) electrons. The minimum absolute atomic E-state index is 0.537. The van der Waals surface area contributed by atoms with Crippen LogP contribution in [0.5, 0.6) is 0 Å². The largest absolute Gasteiger partial charge is 0.310 e. The quantitative estimate of drug-likeness (QED) is 0.147. The van der Waals surface area contributed by atoms with E-state index in [0.29, 0.717) is 0 Å². The van der Waals surface area contributed by atoms with E-state index < -0.39 is 5.41 Å². The molecule has 2 heteroatoms. The molecule has 0 amide bonds. The lowest BCUT2D eigenvalue weighted by atomic mass is 9.67. The number of aromatic nitrogens is 1. The van der Waals surface area contributed by atoms with Crippen LogP contribution in [-0.2, 0) is 5.41 Å². The number of nitrogens with zero attached hydrogens (tertiary/aromatic N) is 2. The van der Waals surface area contributed by atoms with Gasteiger partial charge in [-0.2, -0.15) is 0 Å². The first-order valence-electron chi connectivity index (χ1n) is 25.4. The zero-order valence-corrected chi connectivity index (χ0v) is 40.8. The Labute approximate surface area is 426 Å². The monoisotopic (exact) mass is 930 g/mol. The van der Waals surface area contributed by atoms with E-state index in [2.05, 4.69) is 290 Å². The van der Waals surface area contributed by atoms with Crippen molar-refractivity contribution in [3.05, 3.63) is 300 Å². The van der Waals surface area contributed by atoms with Crippen molar-refractivity contribution < 1.29 is 0 Å². The number of aryl methyl sites for hydroxylation is 2. The fourth-order valence-corrected chi connectivity index (χ4v) is 12.4. The second kappa shape index (κ2) is 17.0. The molecule has 1 heterocycles. The summed E-state index contributed by atoms with van der Waals surface area (Å²) in [5.41, 5.74) is 21.1. The van der Waals surface area contributed by atoms with Gasteiger partial charge >= 0.3 is 0 Å². The van der Waals surface area contributed by atoms with Crippen LogP contribution in [0.2, 0.25) is 0 Å². The van der Waals surface area contributed by atoms with Crippen LogP contribution in [0.1, 0.15) is 33.4 Å². The van der Waals surface area contributed by atoms with Gasteiger partial charge in [-0.3, -0.25) is 0 Å². The van der Waals surface area contributed by atoms with E-state index in [1.165, 1.54) is 105 Å². The molecule has 12 aromatic carbocycles. The molecule has 0 aliphatic heterocycles. The molecule has 1 aromatic heterocycles. The average molecular weight is 931 g/mol. The Hall–Kier alpha value is -9.24. The Bertz CT molecular complexity index is 4170. The van der Waals surface area contributed by atoms with Crippen LogP contribution in [0.3, 0.4) is 0 Å². The van der Waals surface area contributed by atoms with E-state index in [9.17, 15) is 0 Å². The van der Waals surface area contributed by atoms with Gasteiger partial charge in [0.05, 0.1) is 22.1 Å². The Kier molecular flexibility index (Phi) is 9.91. The van der Waals surface area contributed by atoms with Crippen molar-refractivity contribution >= 4 is 60.4 Å². The first-order valence-corrected chi connectivity index (χ1v) is 25.4. The number of fused-ring (bicyclic) bond motifs is 10. The summed E-state index contributed by atoms with van der Waals surface area (Å²) in [6.45, 7) is 4.30. The van der Waals surface area contributed by atoms with Gasteiger partial charge in [0.15, 0.2) is 0 Å². The molecule has 0 bridgehead atoms. The van der Waals surface area contributed by atoms with Gasteiger partial charge in [0.2, 0.25) is 0 Å². The molecule has 0 atom stereocenters. The molecule has 0 spiro atoms. The fraction of sp³-hybridized carbons (Fsp3) is 0.0423. The zero-order valence-electron chi connectivity index (χ0n) is 40.8. The maximum Gasteiger partial charge on any atom is 0.0714 e. The molecule has 13 aromatic rings. The third kappa shape index (κ3) is 6.57. The van der Waals surface area contributed by atoms with Crippen LogP contribution in [0.15, 0.2) is 267 Å². The van der Waals surface area contributed by atoms with E-state index in [-0.39, 0.29) is 0 Å². The van der Waals surface area contributed by atoms with Crippen LogP contribution in [0.25, 0.3) is 82.4 Å². The number of anilines is 3. The van der Waals surface area contributed by atoms with Gasteiger partial charge < -0.3 is 9.47 Å². The molecular formula is C71H50N2. The minimum atomic E-state index is -0.537. The summed E-state index contributed by atoms with van der Waals surface area (Å²) in [6, 6.07) is 99.4. The van der Waals surface area contributed by atoms with Gasteiger partial charge in [-0.15, -0.1) is 0 Å². The van der Waals surface area contributed by atoms with E-state index in [1.54, 1.807) is 0 Å². The second-order valence-corrected chi connectivity index (χ2v) is 19.7. The van der Waals surface area contributed by atoms with E-state index >= 15 is 0 Å². The smallest absolute Gasteiger partial charge is 0.0714 e. The van der Waals surface area contributed by atoms with Crippen LogP contribution < -0.4 is 4.90 Å². The highest BCUT2D eigenvalue weighted by molar-refractivity contribution is 6.30. The lowest BCUT2D eigenvalue weighted by molar-refractivity contribution is 0.767. The van der Waals surface area contributed by atoms with E-state index in [4.69, 9.17) is 0 Å². The van der Waals surface area contributed by atoms with E-state index in [1.807, 2.05) is 0 Å². The number of hydrogen-bond acceptors (Lipinski definition) is 1. The van der Waals surface area contributed by atoms with E-state index in [0.717, 1.165) is 28.3 Å². The third-order valence-corrected chi connectivity index (χ3v) is 15.6. The normalized spacial score (nSPS) is 12.6. The number of benzene rings is 12. The average Bonchev–Trinajstić information content (AvgIpc) is 4.00. The topological polar surface area (TPSA) is 8.17 Å². The summed E-state index contributed by atoms with van der Waals surface area (Å²) in [4.78, 5) is 2.41. The molecule has 14 rings (SSSR count). The molecule has 73 heavy (non-hydrogen) atoms. The molecule has 1 aliphatic carbocycles. The van der Waals surface area contributed by atoms with Crippen molar-refractivity contribution in [1.82, 2.24) is 4.57 Å². The molecule has 0 N–H and O–H groups in total. The number of rotatable bonds is 8. The second-order valence-electron chi connectivity index (χ2n) is 19.7. The van der Waals surface area contributed by atoms with Crippen molar-refractivity contribution in [3.63, 3.8) is 0 Å². The Balaban J connectivity index is 1.06. The fourth-order valence-electron chi connectivity index (χ4n) is 12.4. The highest BCUT2D eigenvalue weighted by atomic mass is 15.1. The standard InChI is InChI=1S/C71H50N2/c1-47-33-38-52(39-34-47)72(53-40-35-48(2)36-41-53)66-32-18-16-29-61(66)56-25-11-12-26-57(56)63-46-68-70(62-30-14-13-27-58(62)63)69-55-24-10-9-19-49(55)37-44-67(69)73(68)54-42-43-60-59-28-15-17-31-64(59)71(65(60)45-54,50-20-5-3-6-21-50)51-22-7-4-8-23-51/h3-46H,1-2H3. The summed E-state index contributed by atoms with van der Waals surface area (Å²) in [6.07, 6.45) is 0. The predicted molar refractivity (Wildman–Crippen MR) is 308 cm³/mol. The van der Waals surface area contributed by atoms with Gasteiger partial charge in [0, 0.05) is 33.4 Å². The van der Waals surface area contributed by atoms with Crippen molar-refractivity contribution in [1.29, 1.82) is 0 Å². The zero-order chi connectivity index (χ0) is 48.6. The molecule has 344 valence electrons. The molecule has 0 saturated heterocycles. The van der Waals surface area contributed by atoms with Crippen LogP contribution in [-0.4, -0.2) is 4.57 Å². The predicted octanol–water partition coefficient (Wildman–Crippen LogP) is 18.9. The molecule has 0 unspecified atom stereocenters. The minimum Gasteiger partial charge on any atom is -0.310 e. The van der Waals surface area contributed by atoms with Crippen molar-refractivity contribution in [2.45, 2.75) is 19.3 Å². The Morgan fingerprint density at radius 2 is 0.836 bits per heavy atom. The molecule has 0 fully saturated rings. The Morgan fingerprint density at radius 1 is 0.329 bits per heavy atom. The van der Waals surface area contributed by atoms with Crippen molar-refractivity contribution in [2.24, 2.45) is 0 Å². The first-order chi connectivity index (χ1) is 36.1. The third-order valence-electron chi connectivity index (χ3n) is 15.6. The van der Waals surface area contributed by atoms with Gasteiger partial charge in [0.25, 0.3) is 0 Å². The van der Waals surface area contributed by atoms with Gasteiger partial charge in [0.1, 0.15) is 0 Å². The molecule has 2 nitrogen and oxygen atoms in total.